The van der Waals surface area contributed by atoms with E-state index in [4.69, 9.17) is 32.7 Å². The number of nitrogens with one attached hydrogen (secondary N) is 1. The minimum Gasteiger partial charge on any atom is -0.497 e. The molecule has 34 heavy (non-hydrogen) atoms. The summed E-state index contributed by atoms with van der Waals surface area (Å²) < 4.78 is 11.2. The summed E-state index contributed by atoms with van der Waals surface area (Å²) in [7, 11) is 1.51. The number of methoxy groups -OCH3 is 1. The molecule has 1 saturated heterocycles. The number of hydrogen-bond donors (Lipinski definition) is 1. The first kappa shape index (κ1) is 23.4. The Balaban J connectivity index is 1.70. The molecule has 0 radical (unpaired) electrons. The van der Waals surface area contributed by atoms with E-state index in [1.807, 2.05) is 6.07 Å². The minimum atomic E-state index is -0.882. The van der Waals surface area contributed by atoms with Crippen LogP contribution in [0.25, 0.3) is 6.08 Å². The largest absolute Gasteiger partial charge is 0.497 e. The second kappa shape index (κ2) is 9.99. The van der Waals surface area contributed by atoms with Crippen LogP contribution in [0.4, 0.5) is 10.5 Å². The molecule has 1 fully saturated rings. The van der Waals surface area contributed by atoms with Crippen LogP contribution in [0.15, 0.2) is 72.3 Å². The molecule has 172 valence electrons. The highest BCUT2D eigenvalue weighted by Gasteiger charge is 2.37. The van der Waals surface area contributed by atoms with Crippen LogP contribution < -0.4 is 19.7 Å². The summed E-state index contributed by atoms with van der Waals surface area (Å²) in [5, 5.41) is 2.94. The van der Waals surface area contributed by atoms with Gasteiger partial charge in [-0.1, -0.05) is 47.5 Å². The van der Waals surface area contributed by atoms with Gasteiger partial charge in [0.1, 0.15) is 23.7 Å². The summed E-state index contributed by atoms with van der Waals surface area (Å²) in [4.78, 5) is 39.0. The number of amides is 4. The minimum absolute atomic E-state index is 0.164. The van der Waals surface area contributed by atoms with Crippen molar-refractivity contribution in [3.63, 3.8) is 0 Å². The molecule has 1 aliphatic rings. The number of urea groups is 1. The van der Waals surface area contributed by atoms with Crippen LogP contribution in [0.1, 0.15) is 11.1 Å². The van der Waals surface area contributed by atoms with E-state index < -0.39 is 17.8 Å². The molecule has 0 saturated carbocycles. The van der Waals surface area contributed by atoms with E-state index >= 15 is 0 Å². The smallest absolute Gasteiger partial charge is 0.335 e. The number of benzene rings is 3. The molecular weight excluding hydrogens is 479 g/mol. The van der Waals surface area contributed by atoms with Crippen molar-refractivity contribution in [2.75, 3.05) is 12.0 Å². The lowest BCUT2D eigenvalue weighted by molar-refractivity contribution is -0.122. The molecule has 7 nitrogen and oxygen atoms in total. The fourth-order valence-electron chi connectivity index (χ4n) is 3.34. The Morgan fingerprint density at radius 3 is 2.50 bits per heavy atom. The zero-order valence-electron chi connectivity index (χ0n) is 17.9. The third-order valence-corrected chi connectivity index (χ3v) is 5.55. The Hall–Kier alpha value is -3.81. The highest BCUT2D eigenvalue weighted by Crippen LogP contribution is 2.31. The third kappa shape index (κ3) is 4.90. The van der Waals surface area contributed by atoms with Crippen LogP contribution in [0.5, 0.6) is 11.5 Å². The van der Waals surface area contributed by atoms with Gasteiger partial charge in [-0.25, -0.2) is 9.69 Å². The summed E-state index contributed by atoms with van der Waals surface area (Å²) in [6, 6.07) is 17.6. The molecule has 1 aliphatic heterocycles. The summed E-state index contributed by atoms with van der Waals surface area (Å²) in [6.45, 7) is 0.189. The van der Waals surface area contributed by atoms with Crippen LogP contribution in [-0.4, -0.2) is 25.0 Å². The first-order valence-corrected chi connectivity index (χ1v) is 10.8. The van der Waals surface area contributed by atoms with Gasteiger partial charge in [-0.3, -0.25) is 14.9 Å². The van der Waals surface area contributed by atoms with Gasteiger partial charge in [-0.15, -0.1) is 0 Å². The standard InChI is InChI=1S/C25H18Cl2N2O5/c1-33-18-10-9-16(22(13-18)34-14-15-5-4-6-17(26)11-15)12-19-23(30)28-25(32)29(24(19)31)21-8-3-2-7-20(21)27/h2-13H,14H2,1H3,(H,28,30,32)/b19-12+. The molecule has 1 N–H and O–H groups in total. The highest BCUT2D eigenvalue weighted by molar-refractivity contribution is 6.42. The molecule has 4 rings (SSSR count). The van der Waals surface area contributed by atoms with Gasteiger partial charge in [0.15, 0.2) is 0 Å². The zero-order chi connectivity index (χ0) is 24.2. The highest BCUT2D eigenvalue weighted by atomic mass is 35.5. The van der Waals surface area contributed by atoms with Crippen LogP contribution in [-0.2, 0) is 16.2 Å². The quantitative estimate of drug-likeness (QED) is 0.372. The number of carbonyl (C=O) groups excluding carboxylic acids is 3. The van der Waals surface area contributed by atoms with Gasteiger partial charge in [0.2, 0.25) is 0 Å². The molecule has 0 aliphatic carbocycles. The van der Waals surface area contributed by atoms with Crippen molar-refractivity contribution in [1.82, 2.24) is 5.32 Å². The Morgan fingerprint density at radius 1 is 0.971 bits per heavy atom. The maximum absolute atomic E-state index is 13.2. The average molecular weight is 497 g/mol. The van der Waals surface area contributed by atoms with Gasteiger partial charge >= 0.3 is 6.03 Å². The van der Waals surface area contributed by atoms with E-state index in [2.05, 4.69) is 5.32 Å². The van der Waals surface area contributed by atoms with Gasteiger partial charge in [0.05, 0.1) is 17.8 Å². The van der Waals surface area contributed by atoms with Gasteiger partial charge in [0.25, 0.3) is 11.8 Å². The van der Waals surface area contributed by atoms with Crippen molar-refractivity contribution in [2.24, 2.45) is 0 Å². The molecule has 0 spiro atoms. The summed E-state index contributed by atoms with van der Waals surface area (Å²) in [6.07, 6.45) is 1.36. The second-order valence-corrected chi connectivity index (χ2v) is 8.08. The Morgan fingerprint density at radius 2 is 1.76 bits per heavy atom. The van der Waals surface area contributed by atoms with E-state index in [0.717, 1.165) is 10.5 Å². The van der Waals surface area contributed by atoms with Crippen LogP contribution in [0.2, 0.25) is 10.0 Å². The first-order valence-electron chi connectivity index (χ1n) is 10.1. The molecule has 1 heterocycles. The summed E-state index contributed by atoms with van der Waals surface area (Å²) in [5.41, 5.74) is 1.18. The van der Waals surface area contributed by atoms with Gasteiger partial charge in [-0.05, 0) is 48.0 Å². The Bertz CT molecular complexity index is 1320. The molecule has 3 aromatic carbocycles. The van der Waals surface area contributed by atoms with Gasteiger partial charge in [-0.2, -0.15) is 0 Å². The average Bonchev–Trinajstić information content (AvgIpc) is 2.82. The number of imide groups is 2. The molecule has 3 aromatic rings. The topological polar surface area (TPSA) is 84.9 Å². The van der Waals surface area contributed by atoms with Crippen molar-refractivity contribution in [1.29, 1.82) is 0 Å². The summed E-state index contributed by atoms with van der Waals surface area (Å²) >= 11 is 12.2. The van der Waals surface area contributed by atoms with Crippen molar-refractivity contribution >= 4 is 52.8 Å². The van der Waals surface area contributed by atoms with Crippen LogP contribution >= 0.6 is 23.2 Å². The number of para-hydroxylation sites is 1. The molecule has 0 aromatic heterocycles. The van der Waals surface area contributed by atoms with Crippen LogP contribution in [0, 0.1) is 0 Å². The predicted octanol–water partition coefficient (Wildman–Crippen LogP) is 5.25. The second-order valence-electron chi connectivity index (χ2n) is 7.23. The Labute approximate surface area is 205 Å². The van der Waals surface area contributed by atoms with Crippen molar-refractivity contribution in [2.45, 2.75) is 6.61 Å². The molecule has 0 unspecified atom stereocenters. The van der Waals surface area contributed by atoms with Crippen molar-refractivity contribution < 1.29 is 23.9 Å². The van der Waals surface area contributed by atoms with E-state index in [1.165, 1.54) is 19.3 Å². The summed E-state index contributed by atoms with van der Waals surface area (Å²) in [5.74, 6) is -0.738. The number of carbonyl (C=O) groups is 3. The van der Waals surface area contributed by atoms with Crippen LogP contribution in [0.3, 0.4) is 0 Å². The molecule has 0 atom stereocenters. The SMILES string of the molecule is COc1ccc(/C=C2\C(=O)NC(=O)N(c3ccccc3Cl)C2=O)c(OCc2cccc(Cl)c2)c1. The molecular formula is C25H18Cl2N2O5. The lowest BCUT2D eigenvalue weighted by Gasteiger charge is -2.27. The fraction of sp³-hybridized carbons (Fsp3) is 0.0800. The lowest BCUT2D eigenvalue weighted by Crippen LogP contribution is -2.54. The fourth-order valence-corrected chi connectivity index (χ4v) is 3.77. The first-order chi connectivity index (χ1) is 16.4. The van der Waals surface area contributed by atoms with Crippen molar-refractivity contribution in [3.05, 3.63) is 93.5 Å². The number of halogens is 2. The number of nitrogens with zero attached hydrogens (tertiary/aromatic N) is 1. The lowest BCUT2D eigenvalue weighted by atomic mass is 10.1. The van der Waals surface area contributed by atoms with Crippen molar-refractivity contribution in [3.8, 4) is 11.5 Å². The number of ether oxygens (including phenoxy) is 2. The number of hydrogen-bond acceptors (Lipinski definition) is 5. The number of rotatable bonds is 6. The predicted molar refractivity (Wildman–Crippen MR) is 129 cm³/mol. The number of barbiturate groups is 1. The van der Waals surface area contributed by atoms with E-state index in [0.29, 0.717) is 22.1 Å². The normalized spacial score (nSPS) is 14.9. The van der Waals surface area contributed by atoms with E-state index in [9.17, 15) is 14.4 Å². The van der Waals surface area contributed by atoms with Gasteiger partial charge in [0, 0.05) is 16.7 Å². The maximum Gasteiger partial charge on any atom is 0.335 e. The van der Waals surface area contributed by atoms with E-state index in [1.54, 1.807) is 54.6 Å². The molecule has 9 heteroatoms. The molecule has 4 amide bonds. The maximum atomic E-state index is 13.2. The molecule has 0 bridgehead atoms. The zero-order valence-corrected chi connectivity index (χ0v) is 19.4. The van der Waals surface area contributed by atoms with Gasteiger partial charge < -0.3 is 9.47 Å². The Kier molecular flexibility index (Phi) is 6.86. The van der Waals surface area contributed by atoms with E-state index in [-0.39, 0.29) is 22.9 Å². The third-order valence-electron chi connectivity index (χ3n) is 5.00. The number of anilines is 1. The monoisotopic (exact) mass is 496 g/mol.